The molecule has 0 fully saturated rings. The number of nitrogens with zero attached hydrogens (tertiary/aromatic N) is 1. The lowest BCUT2D eigenvalue weighted by Crippen LogP contribution is -2.05. The van der Waals surface area contributed by atoms with Crippen LogP contribution >= 0.6 is 27.5 Å². The summed E-state index contributed by atoms with van der Waals surface area (Å²) in [5.74, 6) is 0.474. The number of halogens is 2. The molecule has 1 heterocycles. The van der Waals surface area contributed by atoms with Gasteiger partial charge in [-0.25, -0.2) is 4.79 Å². The van der Waals surface area contributed by atoms with Crippen LogP contribution in [0.25, 0.3) is 11.3 Å². The predicted molar refractivity (Wildman–Crippen MR) is 87.4 cm³/mol. The smallest absolute Gasteiger partial charge is 0.402 e. The van der Waals surface area contributed by atoms with Gasteiger partial charge in [0.25, 0.3) is 0 Å². The third-order valence-corrected chi connectivity index (χ3v) is 3.79. The first-order chi connectivity index (χ1) is 10.6. The third kappa shape index (κ3) is 3.21. The van der Waals surface area contributed by atoms with Gasteiger partial charge in [-0.15, -0.1) is 0 Å². The molecule has 1 aromatic heterocycles. The summed E-state index contributed by atoms with van der Waals surface area (Å²) in [6.07, 6.45) is -0.130. The summed E-state index contributed by atoms with van der Waals surface area (Å²) in [6, 6.07) is 16.0. The molecule has 3 aromatic rings. The van der Waals surface area contributed by atoms with Gasteiger partial charge in [-0.05, 0) is 40.2 Å². The normalized spacial score (nSPS) is 10.5. The van der Waals surface area contributed by atoms with Crippen molar-refractivity contribution in [1.29, 1.82) is 0 Å². The molecule has 0 spiro atoms. The van der Waals surface area contributed by atoms with Crippen molar-refractivity contribution in [2.75, 3.05) is 0 Å². The highest BCUT2D eigenvalue weighted by atomic mass is 79.9. The van der Waals surface area contributed by atoms with Gasteiger partial charge in [-0.1, -0.05) is 41.9 Å². The van der Waals surface area contributed by atoms with Crippen LogP contribution in [0.5, 0.6) is 11.8 Å². The van der Waals surface area contributed by atoms with Gasteiger partial charge in [0.1, 0.15) is 10.2 Å². The summed E-state index contributed by atoms with van der Waals surface area (Å²) in [4.78, 5) is 16.2. The summed E-state index contributed by atoms with van der Waals surface area (Å²) in [5, 5.41) is 0.586. The first kappa shape index (κ1) is 14.8. The Hall–Kier alpha value is -2.11. The topological polar surface area (TPSA) is 52.3 Å². The number of ether oxygens (including phenoxy) is 1. The molecule has 0 aliphatic heterocycles. The van der Waals surface area contributed by atoms with Gasteiger partial charge in [0.15, 0.2) is 0 Å². The molecule has 0 N–H and O–H groups in total. The van der Waals surface area contributed by atoms with E-state index in [0.717, 1.165) is 5.56 Å². The summed E-state index contributed by atoms with van der Waals surface area (Å²) in [7, 11) is 0. The van der Waals surface area contributed by atoms with E-state index in [-0.39, 0.29) is 10.5 Å². The lowest BCUT2D eigenvalue weighted by molar-refractivity contribution is 0.301. The molecule has 0 radical (unpaired) electrons. The molecule has 2 aromatic carbocycles. The van der Waals surface area contributed by atoms with Crippen LogP contribution in [0.15, 0.2) is 68.3 Å². The van der Waals surface area contributed by atoms with Crippen molar-refractivity contribution in [3.8, 4) is 23.1 Å². The Balaban J connectivity index is 2.01. The maximum Gasteiger partial charge on any atom is 0.402 e. The molecule has 0 atom stereocenters. The molecule has 0 saturated heterocycles. The lowest BCUT2D eigenvalue weighted by Gasteiger charge is -2.06. The number of benzene rings is 2. The number of aromatic nitrogens is 1. The van der Waals surface area contributed by atoms with Crippen LogP contribution in [0.4, 0.5) is 0 Å². The Morgan fingerprint density at radius 2 is 1.73 bits per heavy atom. The van der Waals surface area contributed by atoms with Gasteiger partial charge in [0, 0.05) is 10.6 Å². The van der Waals surface area contributed by atoms with Crippen LogP contribution in [0, 0.1) is 0 Å². The number of hydrogen-bond acceptors (Lipinski definition) is 4. The van der Waals surface area contributed by atoms with E-state index >= 15 is 0 Å². The second kappa shape index (κ2) is 6.34. The SMILES string of the molecule is O=c1oc(Oc2ccc(Cl)cc2)nc(-c2ccccc2)c1Br. The Bertz CT molecular complexity index is 848. The summed E-state index contributed by atoms with van der Waals surface area (Å²) >= 11 is 9.02. The number of hydrogen-bond donors (Lipinski definition) is 0. The standard InChI is InChI=1S/C16H9BrClNO3/c17-13-14(10-4-2-1-3-5-10)19-16(22-15(13)20)21-12-8-6-11(18)7-9-12/h1-9H. The van der Waals surface area contributed by atoms with Crippen molar-refractivity contribution in [3.63, 3.8) is 0 Å². The zero-order valence-corrected chi connectivity index (χ0v) is 13.5. The van der Waals surface area contributed by atoms with Crippen molar-refractivity contribution in [1.82, 2.24) is 4.98 Å². The van der Waals surface area contributed by atoms with E-state index in [9.17, 15) is 4.79 Å². The highest BCUT2D eigenvalue weighted by Gasteiger charge is 2.14. The van der Waals surface area contributed by atoms with Crippen LogP contribution in [-0.2, 0) is 0 Å². The van der Waals surface area contributed by atoms with Gasteiger partial charge in [-0.2, -0.15) is 4.98 Å². The first-order valence-corrected chi connectivity index (χ1v) is 7.50. The largest absolute Gasteiger partial charge is 0.411 e. The minimum atomic E-state index is -0.558. The van der Waals surface area contributed by atoms with E-state index in [1.807, 2.05) is 30.3 Å². The Labute approximate surface area is 139 Å². The van der Waals surface area contributed by atoms with Crippen molar-refractivity contribution in [3.05, 3.63) is 74.5 Å². The maximum atomic E-state index is 11.9. The van der Waals surface area contributed by atoms with Crippen LogP contribution < -0.4 is 10.4 Å². The molecule has 0 unspecified atom stereocenters. The van der Waals surface area contributed by atoms with Gasteiger partial charge >= 0.3 is 11.7 Å². The summed E-state index contributed by atoms with van der Waals surface area (Å²) in [6.45, 7) is 0. The highest BCUT2D eigenvalue weighted by molar-refractivity contribution is 9.10. The zero-order valence-electron chi connectivity index (χ0n) is 11.1. The second-order valence-corrected chi connectivity index (χ2v) is 5.58. The third-order valence-electron chi connectivity index (χ3n) is 2.84. The molecule has 22 heavy (non-hydrogen) atoms. The average molecular weight is 379 g/mol. The van der Waals surface area contributed by atoms with Crippen molar-refractivity contribution >= 4 is 27.5 Å². The molecule has 0 amide bonds. The fraction of sp³-hybridized carbons (Fsp3) is 0. The molecule has 4 nitrogen and oxygen atoms in total. The molecular weight excluding hydrogens is 370 g/mol. The minimum absolute atomic E-state index is 0.130. The van der Waals surface area contributed by atoms with Crippen LogP contribution in [-0.4, -0.2) is 4.98 Å². The molecule has 0 aliphatic carbocycles. The van der Waals surface area contributed by atoms with E-state index in [0.29, 0.717) is 16.5 Å². The molecule has 0 saturated carbocycles. The first-order valence-electron chi connectivity index (χ1n) is 6.33. The van der Waals surface area contributed by atoms with E-state index in [1.165, 1.54) is 0 Å². The van der Waals surface area contributed by atoms with Crippen LogP contribution in [0.2, 0.25) is 5.02 Å². The van der Waals surface area contributed by atoms with Crippen molar-refractivity contribution in [2.45, 2.75) is 0 Å². The molecular formula is C16H9BrClNO3. The molecule has 0 bridgehead atoms. The van der Waals surface area contributed by atoms with E-state index < -0.39 is 5.63 Å². The molecule has 0 aliphatic rings. The van der Waals surface area contributed by atoms with Gasteiger partial charge in [0.05, 0.1) is 5.69 Å². The Kier molecular flexibility index (Phi) is 4.27. The molecule has 6 heteroatoms. The predicted octanol–water partition coefficient (Wildman–Crippen LogP) is 4.91. The van der Waals surface area contributed by atoms with E-state index in [1.54, 1.807) is 24.3 Å². The quantitative estimate of drug-likeness (QED) is 0.650. The highest BCUT2D eigenvalue weighted by Crippen LogP contribution is 2.27. The minimum Gasteiger partial charge on any atom is -0.411 e. The van der Waals surface area contributed by atoms with Crippen molar-refractivity contribution < 1.29 is 9.15 Å². The van der Waals surface area contributed by atoms with E-state index in [2.05, 4.69) is 20.9 Å². The fourth-order valence-electron chi connectivity index (χ4n) is 1.82. The van der Waals surface area contributed by atoms with Gasteiger partial charge < -0.3 is 9.15 Å². The Morgan fingerprint density at radius 3 is 2.41 bits per heavy atom. The second-order valence-electron chi connectivity index (χ2n) is 4.35. The molecule has 110 valence electrons. The lowest BCUT2D eigenvalue weighted by atomic mass is 10.1. The van der Waals surface area contributed by atoms with Gasteiger partial charge in [-0.3, -0.25) is 0 Å². The summed E-state index contributed by atoms with van der Waals surface area (Å²) in [5.41, 5.74) is 0.682. The van der Waals surface area contributed by atoms with Crippen molar-refractivity contribution in [2.24, 2.45) is 0 Å². The zero-order chi connectivity index (χ0) is 15.5. The maximum absolute atomic E-state index is 11.9. The Morgan fingerprint density at radius 1 is 1.05 bits per heavy atom. The van der Waals surface area contributed by atoms with Crippen LogP contribution in [0.1, 0.15) is 0 Å². The fourth-order valence-corrected chi connectivity index (χ4v) is 2.34. The molecule has 3 rings (SSSR count). The van der Waals surface area contributed by atoms with Crippen LogP contribution in [0.3, 0.4) is 0 Å². The monoisotopic (exact) mass is 377 g/mol. The average Bonchev–Trinajstić information content (AvgIpc) is 2.54. The number of rotatable bonds is 3. The van der Waals surface area contributed by atoms with E-state index in [4.69, 9.17) is 20.8 Å². The van der Waals surface area contributed by atoms with Gasteiger partial charge in [0.2, 0.25) is 0 Å². The summed E-state index contributed by atoms with van der Waals surface area (Å²) < 4.78 is 10.8.